The molecule has 0 amide bonds. The summed E-state index contributed by atoms with van der Waals surface area (Å²) in [5, 5.41) is 11.5. The molecule has 0 N–H and O–H groups in total. The Kier molecular flexibility index (Phi) is 2.11. The molecule has 1 atom stereocenters. The third kappa shape index (κ3) is 1.52. The predicted octanol–water partition coefficient (Wildman–Crippen LogP) is 2.61. The highest BCUT2D eigenvalue weighted by Crippen LogP contribution is 2.35. The van der Waals surface area contributed by atoms with Crippen LogP contribution in [0.25, 0.3) is 11.1 Å². The van der Waals surface area contributed by atoms with Gasteiger partial charge in [0.05, 0.1) is 5.92 Å². The van der Waals surface area contributed by atoms with Crippen molar-refractivity contribution in [1.82, 2.24) is 10.4 Å². The zero-order valence-electron chi connectivity index (χ0n) is 9.78. The second kappa shape index (κ2) is 3.91. The summed E-state index contributed by atoms with van der Waals surface area (Å²) in [5.41, 5.74) is 3.35. The van der Waals surface area contributed by atoms with E-state index in [9.17, 15) is 0 Å². The van der Waals surface area contributed by atoms with Gasteiger partial charge in [-0.3, -0.25) is 0 Å². The Bertz CT molecular complexity index is 779. The number of rotatable bonds is 1. The maximum atomic E-state index is 5.22. The van der Waals surface area contributed by atoms with Crippen molar-refractivity contribution in [2.45, 2.75) is 5.92 Å². The lowest BCUT2D eigenvalue weighted by Crippen LogP contribution is -2.10. The first-order valence-corrected chi connectivity index (χ1v) is 5.86. The molecule has 5 nitrogen and oxygen atoms in total. The zero-order chi connectivity index (χ0) is 12.7. The van der Waals surface area contributed by atoms with E-state index in [0.717, 1.165) is 22.4 Å². The van der Waals surface area contributed by atoms with E-state index in [1.54, 1.807) is 0 Å². The average Bonchev–Trinajstić information content (AvgIpc) is 2.95. The SMILES string of the molecule is [C]1=NOc2ccccc2C1c1cccc2onnc12. The Hall–Kier alpha value is -2.69. The Morgan fingerprint density at radius 3 is 2.89 bits per heavy atom. The number of hydrogen-bond acceptors (Lipinski definition) is 5. The van der Waals surface area contributed by atoms with Crippen LogP contribution in [0.1, 0.15) is 17.0 Å². The lowest BCUT2D eigenvalue weighted by molar-refractivity contribution is 0.331. The molecule has 1 unspecified atom stereocenters. The highest BCUT2D eigenvalue weighted by molar-refractivity contribution is 5.85. The van der Waals surface area contributed by atoms with Crippen LogP contribution in [-0.4, -0.2) is 16.6 Å². The average molecular weight is 250 g/mol. The second-order valence-corrected chi connectivity index (χ2v) is 4.25. The fourth-order valence-corrected chi connectivity index (χ4v) is 2.30. The summed E-state index contributed by atoms with van der Waals surface area (Å²) in [6.07, 6.45) is 2.97. The molecule has 19 heavy (non-hydrogen) atoms. The van der Waals surface area contributed by atoms with E-state index in [0.29, 0.717) is 5.58 Å². The van der Waals surface area contributed by atoms with Gasteiger partial charge in [0, 0.05) is 10.8 Å². The van der Waals surface area contributed by atoms with E-state index in [4.69, 9.17) is 9.36 Å². The van der Waals surface area contributed by atoms with Gasteiger partial charge in [-0.15, -0.1) is 5.10 Å². The minimum atomic E-state index is -0.124. The molecule has 2 aromatic carbocycles. The van der Waals surface area contributed by atoms with Crippen molar-refractivity contribution in [3.05, 3.63) is 53.6 Å². The highest BCUT2D eigenvalue weighted by atomic mass is 16.6. The lowest BCUT2D eigenvalue weighted by Gasteiger charge is -2.18. The van der Waals surface area contributed by atoms with Crippen molar-refractivity contribution >= 4 is 17.3 Å². The third-order valence-electron chi connectivity index (χ3n) is 3.18. The molecule has 0 aliphatic carbocycles. The van der Waals surface area contributed by atoms with Gasteiger partial charge in [-0.05, 0) is 17.7 Å². The Balaban J connectivity index is 1.95. The summed E-state index contributed by atoms with van der Waals surface area (Å²) in [7, 11) is 0. The first kappa shape index (κ1) is 10.3. The molecule has 0 saturated carbocycles. The van der Waals surface area contributed by atoms with E-state index in [1.807, 2.05) is 42.5 Å². The maximum absolute atomic E-state index is 5.22. The fraction of sp³-hybridized carbons (Fsp3) is 0.0714. The van der Waals surface area contributed by atoms with Gasteiger partial charge in [0.15, 0.2) is 11.3 Å². The number of nitrogens with zero attached hydrogens (tertiary/aromatic N) is 3. The largest absolute Gasteiger partial charge is 0.356 e. The number of para-hydroxylation sites is 1. The van der Waals surface area contributed by atoms with E-state index >= 15 is 0 Å². The third-order valence-corrected chi connectivity index (χ3v) is 3.18. The number of fused-ring (bicyclic) bond motifs is 2. The summed E-state index contributed by atoms with van der Waals surface area (Å²) >= 11 is 0. The minimum Gasteiger partial charge on any atom is -0.356 e. The van der Waals surface area contributed by atoms with Gasteiger partial charge in [-0.1, -0.05) is 35.5 Å². The molecule has 1 radical (unpaired) electrons. The standard InChI is InChI=1S/C14H8N3O2/c1-2-6-12-9(4-1)11(8-15-18-12)10-5-3-7-13-14(10)16-17-19-13/h1-7,11H. The van der Waals surface area contributed by atoms with Crippen LogP contribution in [0, 0.1) is 0 Å². The molecule has 0 fully saturated rings. The topological polar surface area (TPSA) is 60.5 Å². The number of hydrogen-bond donors (Lipinski definition) is 0. The van der Waals surface area contributed by atoms with E-state index in [2.05, 4.69) is 21.7 Å². The first-order chi connectivity index (χ1) is 9.43. The van der Waals surface area contributed by atoms with Crippen molar-refractivity contribution in [1.29, 1.82) is 0 Å². The van der Waals surface area contributed by atoms with E-state index < -0.39 is 0 Å². The van der Waals surface area contributed by atoms with Crippen LogP contribution in [0.5, 0.6) is 5.75 Å². The van der Waals surface area contributed by atoms with Crippen molar-refractivity contribution in [2.75, 3.05) is 0 Å². The molecule has 1 aliphatic heterocycles. The van der Waals surface area contributed by atoms with Gasteiger partial charge in [0.1, 0.15) is 11.7 Å². The van der Waals surface area contributed by atoms with Crippen LogP contribution in [0.3, 0.4) is 0 Å². The molecule has 0 spiro atoms. The van der Waals surface area contributed by atoms with Gasteiger partial charge in [0.25, 0.3) is 0 Å². The van der Waals surface area contributed by atoms with Crippen LogP contribution in [0.4, 0.5) is 0 Å². The van der Waals surface area contributed by atoms with Crippen LogP contribution in [-0.2, 0) is 0 Å². The minimum absolute atomic E-state index is 0.124. The summed E-state index contributed by atoms with van der Waals surface area (Å²) in [4.78, 5) is 5.22. The Labute approximate surface area is 108 Å². The molecule has 2 heterocycles. The monoisotopic (exact) mass is 250 g/mol. The summed E-state index contributed by atoms with van der Waals surface area (Å²) in [6, 6.07) is 13.5. The van der Waals surface area contributed by atoms with Gasteiger partial charge in [-0.2, -0.15) is 0 Å². The normalized spacial score (nSPS) is 17.2. The van der Waals surface area contributed by atoms with E-state index in [-0.39, 0.29) is 5.92 Å². The molecule has 0 saturated heterocycles. The van der Waals surface area contributed by atoms with Crippen LogP contribution in [0.2, 0.25) is 0 Å². The highest BCUT2D eigenvalue weighted by Gasteiger charge is 2.24. The predicted molar refractivity (Wildman–Crippen MR) is 68.2 cm³/mol. The summed E-state index contributed by atoms with van der Waals surface area (Å²) in [6.45, 7) is 0. The quantitative estimate of drug-likeness (QED) is 0.666. The molecular weight excluding hydrogens is 242 g/mol. The van der Waals surface area contributed by atoms with Gasteiger partial charge >= 0.3 is 0 Å². The molecule has 1 aliphatic rings. The van der Waals surface area contributed by atoms with Crippen LogP contribution < -0.4 is 4.84 Å². The van der Waals surface area contributed by atoms with Crippen molar-refractivity contribution in [3.63, 3.8) is 0 Å². The van der Waals surface area contributed by atoms with Crippen LogP contribution >= 0.6 is 0 Å². The first-order valence-electron chi connectivity index (χ1n) is 5.86. The molecular formula is C14H8N3O2. The Morgan fingerprint density at radius 1 is 1.00 bits per heavy atom. The zero-order valence-corrected chi connectivity index (χ0v) is 9.78. The molecule has 91 valence electrons. The van der Waals surface area contributed by atoms with E-state index in [1.165, 1.54) is 0 Å². The molecule has 1 aromatic heterocycles. The molecule has 5 heteroatoms. The van der Waals surface area contributed by atoms with Crippen molar-refractivity contribution in [2.24, 2.45) is 5.16 Å². The fourth-order valence-electron chi connectivity index (χ4n) is 2.30. The van der Waals surface area contributed by atoms with Gasteiger partial charge < -0.3 is 9.36 Å². The summed E-state index contributed by atoms with van der Waals surface area (Å²) < 4.78 is 5.09. The smallest absolute Gasteiger partial charge is 0.187 e. The second-order valence-electron chi connectivity index (χ2n) is 4.25. The molecule has 0 bridgehead atoms. The maximum Gasteiger partial charge on any atom is 0.187 e. The van der Waals surface area contributed by atoms with Crippen molar-refractivity contribution < 1.29 is 9.36 Å². The van der Waals surface area contributed by atoms with Gasteiger partial charge in [-0.25, -0.2) is 0 Å². The lowest BCUT2D eigenvalue weighted by atomic mass is 9.90. The summed E-state index contributed by atoms with van der Waals surface area (Å²) in [5.74, 6) is 0.611. The van der Waals surface area contributed by atoms with Crippen LogP contribution in [0.15, 0.2) is 52.1 Å². The number of benzene rings is 2. The van der Waals surface area contributed by atoms with Gasteiger partial charge in [0.2, 0.25) is 0 Å². The Morgan fingerprint density at radius 2 is 1.89 bits per heavy atom. The van der Waals surface area contributed by atoms with Crippen molar-refractivity contribution in [3.8, 4) is 5.75 Å². The molecule has 4 rings (SSSR count). The molecule has 3 aromatic rings. The number of aromatic nitrogens is 2.